The highest BCUT2D eigenvalue weighted by Crippen LogP contribution is 2.22. The van der Waals surface area contributed by atoms with Crippen molar-refractivity contribution in [2.75, 3.05) is 13.2 Å². The van der Waals surface area contributed by atoms with Gasteiger partial charge in [-0.05, 0) is 30.5 Å². The van der Waals surface area contributed by atoms with E-state index in [4.69, 9.17) is 4.74 Å². The second kappa shape index (κ2) is 6.85. The van der Waals surface area contributed by atoms with E-state index in [1.807, 2.05) is 0 Å². The molecule has 0 fully saturated rings. The van der Waals surface area contributed by atoms with E-state index in [0.717, 1.165) is 19.0 Å². The van der Waals surface area contributed by atoms with Crippen molar-refractivity contribution in [2.24, 2.45) is 5.41 Å². The highest BCUT2D eigenvalue weighted by molar-refractivity contribution is 5.24. The third-order valence-corrected chi connectivity index (χ3v) is 2.99. The molecule has 0 spiro atoms. The summed E-state index contributed by atoms with van der Waals surface area (Å²) in [6.07, 6.45) is 1.03. The van der Waals surface area contributed by atoms with E-state index in [1.165, 1.54) is 12.1 Å². The molecule has 1 rings (SSSR count). The summed E-state index contributed by atoms with van der Waals surface area (Å²) in [5, 5.41) is 3.39. The van der Waals surface area contributed by atoms with Crippen molar-refractivity contribution in [1.82, 2.24) is 5.32 Å². The molecule has 4 heteroatoms. The number of hydrogen-bond donors (Lipinski definition) is 1. The molecule has 0 bridgehead atoms. The molecule has 2 nitrogen and oxygen atoms in total. The van der Waals surface area contributed by atoms with Crippen LogP contribution >= 0.6 is 0 Å². The molecule has 1 unspecified atom stereocenters. The van der Waals surface area contributed by atoms with Crippen LogP contribution in [0.15, 0.2) is 18.2 Å². The molecule has 0 aromatic heterocycles. The predicted octanol–water partition coefficient (Wildman–Crippen LogP) is 3.76. The maximum atomic E-state index is 13.5. The molecule has 1 aromatic carbocycles. The van der Waals surface area contributed by atoms with Gasteiger partial charge in [-0.3, -0.25) is 0 Å². The van der Waals surface area contributed by atoms with Crippen LogP contribution in [0.5, 0.6) is 5.75 Å². The van der Waals surface area contributed by atoms with Gasteiger partial charge in [-0.25, -0.2) is 8.78 Å². The summed E-state index contributed by atoms with van der Waals surface area (Å²) in [5.74, 6) is -1.17. The average molecular weight is 271 g/mol. The average Bonchev–Trinajstić information content (AvgIpc) is 2.29. The fourth-order valence-electron chi connectivity index (χ4n) is 1.70. The monoisotopic (exact) mass is 271 g/mol. The van der Waals surface area contributed by atoms with Gasteiger partial charge in [0.1, 0.15) is 12.4 Å². The van der Waals surface area contributed by atoms with Crippen LogP contribution in [0.25, 0.3) is 0 Å². The molecule has 1 N–H and O–H groups in total. The smallest absolute Gasteiger partial charge is 0.167 e. The number of benzene rings is 1. The van der Waals surface area contributed by atoms with Crippen LogP contribution in [0.1, 0.15) is 34.1 Å². The van der Waals surface area contributed by atoms with Crippen LogP contribution in [0.2, 0.25) is 0 Å². The van der Waals surface area contributed by atoms with Gasteiger partial charge in [-0.15, -0.1) is 0 Å². The van der Waals surface area contributed by atoms with Gasteiger partial charge in [0, 0.05) is 12.1 Å². The topological polar surface area (TPSA) is 21.3 Å². The molecule has 1 atom stereocenters. The van der Waals surface area contributed by atoms with Gasteiger partial charge in [-0.1, -0.05) is 27.7 Å². The van der Waals surface area contributed by atoms with Gasteiger partial charge in [-0.2, -0.15) is 0 Å². The minimum atomic E-state index is -0.664. The van der Waals surface area contributed by atoms with Crippen LogP contribution in [0, 0.1) is 17.0 Å². The highest BCUT2D eigenvalue weighted by Gasteiger charge is 2.24. The van der Waals surface area contributed by atoms with Crippen molar-refractivity contribution in [1.29, 1.82) is 0 Å². The maximum Gasteiger partial charge on any atom is 0.167 e. The number of nitrogens with one attached hydrogen (secondary N) is 1. The van der Waals surface area contributed by atoms with E-state index in [9.17, 15) is 8.78 Å². The lowest BCUT2D eigenvalue weighted by Crippen LogP contribution is -2.45. The predicted molar refractivity (Wildman–Crippen MR) is 73.4 cm³/mol. The van der Waals surface area contributed by atoms with Crippen molar-refractivity contribution in [2.45, 2.75) is 40.2 Å². The van der Waals surface area contributed by atoms with Crippen LogP contribution < -0.4 is 10.1 Å². The number of halogens is 2. The van der Waals surface area contributed by atoms with E-state index < -0.39 is 11.6 Å². The van der Waals surface area contributed by atoms with E-state index in [1.54, 1.807) is 0 Å². The lowest BCUT2D eigenvalue weighted by atomic mass is 9.87. The Morgan fingerprint density at radius 3 is 2.47 bits per heavy atom. The lowest BCUT2D eigenvalue weighted by molar-refractivity contribution is 0.170. The summed E-state index contributed by atoms with van der Waals surface area (Å²) in [6, 6.07) is 3.46. The zero-order valence-electron chi connectivity index (χ0n) is 12.1. The standard InChI is InChI=1S/C15H23F2NO/c1-5-8-18-14(15(2,3)4)10-19-13-7-6-11(16)9-12(13)17/h6-7,9,14,18H,5,8,10H2,1-4H3. The van der Waals surface area contributed by atoms with Gasteiger partial charge in [0.2, 0.25) is 0 Å². The van der Waals surface area contributed by atoms with E-state index in [-0.39, 0.29) is 17.2 Å². The van der Waals surface area contributed by atoms with E-state index >= 15 is 0 Å². The molecule has 19 heavy (non-hydrogen) atoms. The molecule has 0 aliphatic carbocycles. The Balaban J connectivity index is 2.65. The molecular formula is C15H23F2NO. The zero-order valence-corrected chi connectivity index (χ0v) is 12.1. The molecule has 0 saturated carbocycles. The van der Waals surface area contributed by atoms with Gasteiger partial charge >= 0.3 is 0 Å². The molecule has 1 aromatic rings. The molecule has 0 saturated heterocycles. The highest BCUT2D eigenvalue weighted by atomic mass is 19.1. The molecule has 0 heterocycles. The second-order valence-corrected chi connectivity index (χ2v) is 5.76. The fraction of sp³-hybridized carbons (Fsp3) is 0.600. The maximum absolute atomic E-state index is 13.5. The van der Waals surface area contributed by atoms with Crippen molar-refractivity contribution in [3.63, 3.8) is 0 Å². The van der Waals surface area contributed by atoms with Crippen LogP contribution in [0.4, 0.5) is 8.78 Å². The number of rotatable bonds is 6. The summed E-state index contributed by atoms with van der Waals surface area (Å²) in [7, 11) is 0. The Labute approximate surface area is 114 Å². The molecule has 0 aliphatic rings. The first kappa shape index (κ1) is 15.9. The molecule has 0 amide bonds. The third kappa shape index (κ3) is 5.15. The van der Waals surface area contributed by atoms with Crippen LogP contribution in [-0.4, -0.2) is 19.2 Å². The lowest BCUT2D eigenvalue weighted by Gasteiger charge is -2.31. The normalized spacial score (nSPS) is 13.4. The fourth-order valence-corrected chi connectivity index (χ4v) is 1.70. The van der Waals surface area contributed by atoms with Crippen molar-refractivity contribution in [3.8, 4) is 5.75 Å². The molecule has 0 aliphatic heterocycles. The Kier molecular flexibility index (Phi) is 5.73. The minimum Gasteiger partial charge on any atom is -0.489 e. The summed E-state index contributed by atoms with van der Waals surface area (Å²) in [5.41, 5.74) is 0.00563. The summed E-state index contributed by atoms with van der Waals surface area (Å²) in [4.78, 5) is 0. The first-order valence-electron chi connectivity index (χ1n) is 6.66. The summed E-state index contributed by atoms with van der Waals surface area (Å²) in [6.45, 7) is 9.64. The number of hydrogen-bond acceptors (Lipinski definition) is 2. The first-order valence-corrected chi connectivity index (χ1v) is 6.66. The second-order valence-electron chi connectivity index (χ2n) is 5.76. The van der Waals surface area contributed by atoms with E-state index in [0.29, 0.717) is 6.61 Å². The van der Waals surface area contributed by atoms with Crippen LogP contribution in [-0.2, 0) is 0 Å². The Bertz CT molecular complexity index is 402. The third-order valence-electron chi connectivity index (χ3n) is 2.99. The molecular weight excluding hydrogens is 248 g/mol. The Morgan fingerprint density at radius 1 is 1.26 bits per heavy atom. The Morgan fingerprint density at radius 2 is 1.95 bits per heavy atom. The molecule has 0 radical (unpaired) electrons. The van der Waals surface area contributed by atoms with Gasteiger partial charge in [0.25, 0.3) is 0 Å². The molecule has 108 valence electrons. The quantitative estimate of drug-likeness (QED) is 0.850. The first-order chi connectivity index (χ1) is 8.84. The van der Waals surface area contributed by atoms with Gasteiger partial charge in [0.15, 0.2) is 11.6 Å². The number of ether oxygens (including phenoxy) is 1. The minimum absolute atomic E-state index is 0.00563. The van der Waals surface area contributed by atoms with Gasteiger partial charge < -0.3 is 10.1 Å². The SMILES string of the molecule is CCCNC(COc1ccc(F)cc1F)C(C)(C)C. The summed E-state index contributed by atoms with van der Waals surface area (Å²) < 4.78 is 31.7. The van der Waals surface area contributed by atoms with Crippen molar-refractivity contribution >= 4 is 0 Å². The summed E-state index contributed by atoms with van der Waals surface area (Å²) >= 11 is 0. The van der Waals surface area contributed by atoms with Crippen molar-refractivity contribution < 1.29 is 13.5 Å². The van der Waals surface area contributed by atoms with E-state index in [2.05, 4.69) is 33.0 Å². The van der Waals surface area contributed by atoms with Gasteiger partial charge in [0.05, 0.1) is 0 Å². The largest absolute Gasteiger partial charge is 0.489 e. The Hall–Kier alpha value is -1.16. The zero-order chi connectivity index (χ0) is 14.5. The van der Waals surface area contributed by atoms with Crippen molar-refractivity contribution in [3.05, 3.63) is 29.8 Å². The van der Waals surface area contributed by atoms with Crippen LogP contribution in [0.3, 0.4) is 0 Å².